The Morgan fingerprint density at radius 2 is 2.40 bits per heavy atom. The maximum absolute atomic E-state index is 5.33. The van der Waals surface area contributed by atoms with E-state index in [1.807, 2.05) is 31.9 Å². The minimum Gasteiger partial charge on any atom is -0.382 e. The quantitative estimate of drug-likeness (QED) is 0.695. The molecular weight excluding hydrogens is 190 g/mol. The highest BCUT2D eigenvalue weighted by Crippen LogP contribution is 2.16. The molecule has 1 rings (SSSR count). The van der Waals surface area contributed by atoms with Crippen LogP contribution in [-0.2, 0) is 11.8 Å². The van der Waals surface area contributed by atoms with Crippen LogP contribution in [0, 0.1) is 0 Å². The van der Waals surface area contributed by atoms with Gasteiger partial charge in [-0.2, -0.15) is 5.10 Å². The van der Waals surface area contributed by atoms with Gasteiger partial charge in [0, 0.05) is 32.5 Å². The summed E-state index contributed by atoms with van der Waals surface area (Å²) >= 11 is 0. The summed E-state index contributed by atoms with van der Waals surface area (Å²) in [6, 6.07) is 2.43. The summed E-state index contributed by atoms with van der Waals surface area (Å²) in [5.41, 5.74) is 1.23. The first-order chi connectivity index (χ1) is 7.29. The molecule has 0 radical (unpaired) electrons. The molecule has 4 heteroatoms. The van der Waals surface area contributed by atoms with E-state index in [9.17, 15) is 0 Å². The van der Waals surface area contributed by atoms with E-state index in [2.05, 4.69) is 16.5 Å². The second-order valence-corrected chi connectivity index (χ2v) is 3.56. The molecule has 0 saturated carbocycles. The summed E-state index contributed by atoms with van der Waals surface area (Å²) in [4.78, 5) is 0. The molecule has 1 aromatic heterocycles. The molecule has 0 bridgehead atoms. The van der Waals surface area contributed by atoms with Crippen molar-refractivity contribution in [3.05, 3.63) is 18.0 Å². The third kappa shape index (κ3) is 3.64. The van der Waals surface area contributed by atoms with Crippen molar-refractivity contribution in [2.75, 3.05) is 20.3 Å². The van der Waals surface area contributed by atoms with Gasteiger partial charge < -0.3 is 10.1 Å². The van der Waals surface area contributed by atoms with Crippen molar-refractivity contribution in [2.24, 2.45) is 7.05 Å². The molecule has 0 aliphatic carbocycles. The van der Waals surface area contributed by atoms with Crippen molar-refractivity contribution in [1.82, 2.24) is 15.1 Å². The molecular formula is C11H21N3O. The highest BCUT2D eigenvalue weighted by Gasteiger charge is 2.11. The molecule has 0 fully saturated rings. The maximum atomic E-state index is 5.33. The summed E-state index contributed by atoms with van der Waals surface area (Å²) in [5.74, 6) is 0. The van der Waals surface area contributed by atoms with Gasteiger partial charge in [-0.1, -0.05) is 0 Å². The Balaban J connectivity index is 2.39. The zero-order valence-corrected chi connectivity index (χ0v) is 9.86. The highest BCUT2D eigenvalue weighted by atomic mass is 16.5. The van der Waals surface area contributed by atoms with Crippen molar-refractivity contribution >= 4 is 0 Å². The number of aryl methyl sites for hydroxylation is 1. The minimum absolute atomic E-state index is 0.373. The second kappa shape index (κ2) is 6.58. The largest absolute Gasteiger partial charge is 0.382 e. The molecule has 1 unspecified atom stereocenters. The van der Waals surface area contributed by atoms with Crippen molar-refractivity contribution in [3.63, 3.8) is 0 Å². The number of hydrogen-bond acceptors (Lipinski definition) is 3. The van der Waals surface area contributed by atoms with E-state index in [1.54, 1.807) is 0 Å². The molecule has 1 aromatic rings. The summed E-state index contributed by atoms with van der Waals surface area (Å²) < 4.78 is 7.24. The molecule has 0 saturated heterocycles. The fourth-order valence-corrected chi connectivity index (χ4v) is 1.70. The standard InChI is InChI=1S/C11H21N3O/c1-4-15-9-5-6-10(12-2)11-7-8-13-14(11)3/h7-8,10,12H,4-6,9H2,1-3H3. The molecule has 1 N–H and O–H groups in total. The predicted molar refractivity (Wildman–Crippen MR) is 60.7 cm³/mol. The molecule has 1 atom stereocenters. The molecule has 0 spiro atoms. The zero-order valence-electron chi connectivity index (χ0n) is 9.86. The van der Waals surface area contributed by atoms with Crippen LogP contribution in [0.1, 0.15) is 31.5 Å². The Hall–Kier alpha value is -0.870. The lowest BCUT2D eigenvalue weighted by Crippen LogP contribution is -2.19. The first-order valence-electron chi connectivity index (χ1n) is 5.52. The molecule has 0 aliphatic heterocycles. The molecule has 15 heavy (non-hydrogen) atoms. The Bertz CT molecular complexity index is 273. The fourth-order valence-electron chi connectivity index (χ4n) is 1.70. The van der Waals surface area contributed by atoms with Crippen molar-refractivity contribution < 1.29 is 4.74 Å². The summed E-state index contributed by atoms with van der Waals surface area (Å²) in [7, 11) is 3.96. The van der Waals surface area contributed by atoms with E-state index in [-0.39, 0.29) is 0 Å². The van der Waals surface area contributed by atoms with E-state index < -0.39 is 0 Å². The fraction of sp³-hybridized carbons (Fsp3) is 0.727. The van der Waals surface area contributed by atoms with E-state index in [4.69, 9.17) is 4.74 Å². The Labute approximate surface area is 91.6 Å². The SMILES string of the molecule is CCOCCCC(NC)c1ccnn1C. The van der Waals surface area contributed by atoms with Gasteiger partial charge in [0.15, 0.2) is 0 Å². The van der Waals surface area contributed by atoms with Gasteiger partial charge in [-0.3, -0.25) is 4.68 Å². The van der Waals surface area contributed by atoms with E-state index in [0.29, 0.717) is 6.04 Å². The van der Waals surface area contributed by atoms with Crippen LogP contribution in [0.15, 0.2) is 12.3 Å². The first kappa shape index (κ1) is 12.2. The van der Waals surface area contributed by atoms with Crippen molar-refractivity contribution in [2.45, 2.75) is 25.8 Å². The van der Waals surface area contributed by atoms with E-state index in [0.717, 1.165) is 26.1 Å². The van der Waals surface area contributed by atoms with Crippen LogP contribution in [0.2, 0.25) is 0 Å². The topological polar surface area (TPSA) is 39.1 Å². The van der Waals surface area contributed by atoms with Gasteiger partial charge in [-0.25, -0.2) is 0 Å². The van der Waals surface area contributed by atoms with Crippen LogP contribution in [0.25, 0.3) is 0 Å². The molecule has 0 aromatic carbocycles. The van der Waals surface area contributed by atoms with Crippen molar-refractivity contribution in [3.8, 4) is 0 Å². The lowest BCUT2D eigenvalue weighted by Gasteiger charge is -2.16. The van der Waals surface area contributed by atoms with Gasteiger partial charge in [0.1, 0.15) is 0 Å². The van der Waals surface area contributed by atoms with E-state index >= 15 is 0 Å². The average molecular weight is 211 g/mol. The van der Waals surface area contributed by atoms with Crippen LogP contribution in [0.3, 0.4) is 0 Å². The number of ether oxygens (including phenoxy) is 1. The summed E-state index contributed by atoms with van der Waals surface area (Å²) in [5, 5.41) is 7.48. The molecule has 0 aliphatic rings. The second-order valence-electron chi connectivity index (χ2n) is 3.56. The van der Waals surface area contributed by atoms with Crippen molar-refractivity contribution in [1.29, 1.82) is 0 Å². The van der Waals surface area contributed by atoms with Crippen LogP contribution in [0.4, 0.5) is 0 Å². The van der Waals surface area contributed by atoms with Crippen LogP contribution in [0.5, 0.6) is 0 Å². The smallest absolute Gasteiger partial charge is 0.0550 e. The zero-order chi connectivity index (χ0) is 11.1. The number of nitrogens with one attached hydrogen (secondary N) is 1. The number of rotatable bonds is 7. The molecule has 86 valence electrons. The number of aromatic nitrogens is 2. The predicted octanol–water partition coefficient (Wildman–Crippen LogP) is 1.50. The molecule has 4 nitrogen and oxygen atoms in total. The first-order valence-corrected chi connectivity index (χ1v) is 5.52. The molecule has 1 heterocycles. The Morgan fingerprint density at radius 1 is 1.60 bits per heavy atom. The monoisotopic (exact) mass is 211 g/mol. The van der Waals surface area contributed by atoms with Gasteiger partial charge >= 0.3 is 0 Å². The van der Waals surface area contributed by atoms with Gasteiger partial charge in [-0.15, -0.1) is 0 Å². The van der Waals surface area contributed by atoms with E-state index in [1.165, 1.54) is 5.69 Å². The third-order valence-corrected chi connectivity index (χ3v) is 2.55. The molecule has 0 amide bonds. The highest BCUT2D eigenvalue weighted by molar-refractivity contribution is 5.06. The number of hydrogen-bond donors (Lipinski definition) is 1. The summed E-state index contributed by atoms with van der Waals surface area (Å²) in [6.45, 7) is 3.67. The van der Waals surface area contributed by atoms with Crippen LogP contribution < -0.4 is 5.32 Å². The van der Waals surface area contributed by atoms with Crippen LogP contribution in [-0.4, -0.2) is 30.0 Å². The lowest BCUT2D eigenvalue weighted by atomic mass is 10.1. The Kier molecular flexibility index (Phi) is 5.36. The third-order valence-electron chi connectivity index (χ3n) is 2.55. The number of nitrogens with zero attached hydrogens (tertiary/aromatic N) is 2. The summed E-state index contributed by atoms with van der Waals surface area (Å²) in [6.07, 6.45) is 3.99. The van der Waals surface area contributed by atoms with Gasteiger partial charge in [0.05, 0.1) is 5.69 Å². The normalized spacial score (nSPS) is 13.0. The van der Waals surface area contributed by atoms with Gasteiger partial charge in [-0.05, 0) is 32.9 Å². The average Bonchev–Trinajstić information content (AvgIpc) is 2.65. The van der Waals surface area contributed by atoms with Gasteiger partial charge in [0.2, 0.25) is 0 Å². The Morgan fingerprint density at radius 3 is 2.93 bits per heavy atom. The van der Waals surface area contributed by atoms with Crippen LogP contribution >= 0.6 is 0 Å². The minimum atomic E-state index is 0.373. The van der Waals surface area contributed by atoms with Gasteiger partial charge in [0.25, 0.3) is 0 Å². The maximum Gasteiger partial charge on any atom is 0.0550 e. The lowest BCUT2D eigenvalue weighted by molar-refractivity contribution is 0.141.